The van der Waals surface area contributed by atoms with Gasteiger partial charge in [-0.2, -0.15) is 5.10 Å². The molecule has 0 saturated heterocycles. The lowest BCUT2D eigenvalue weighted by atomic mass is 10.1. The minimum absolute atomic E-state index is 0.206. The molecule has 5 aromatic rings. The van der Waals surface area contributed by atoms with E-state index in [0.717, 1.165) is 16.3 Å². The van der Waals surface area contributed by atoms with E-state index in [2.05, 4.69) is 15.1 Å². The van der Waals surface area contributed by atoms with Crippen LogP contribution in [0.5, 0.6) is 11.5 Å². The third-order valence-corrected chi connectivity index (χ3v) is 5.15. The number of carbonyl (C=O) groups excluding carboxylic acids is 1. The molecule has 0 aliphatic rings. The van der Waals surface area contributed by atoms with Crippen molar-refractivity contribution >= 4 is 28.4 Å². The summed E-state index contributed by atoms with van der Waals surface area (Å²) < 4.78 is 13.9. The van der Waals surface area contributed by atoms with Crippen LogP contribution >= 0.6 is 0 Å². The number of pyridine rings is 1. The van der Waals surface area contributed by atoms with Crippen LogP contribution in [0.15, 0.2) is 73.5 Å². The first kappa shape index (κ1) is 19.5. The van der Waals surface area contributed by atoms with Gasteiger partial charge in [0.15, 0.2) is 17.1 Å². The van der Waals surface area contributed by atoms with E-state index in [4.69, 9.17) is 9.47 Å². The Balaban J connectivity index is 1.54. The van der Waals surface area contributed by atoms with Crippen molar-refractivity contribution < 1.29 is 14.3 Å². The lowest BCUT2D eigenvalue weighted by Gasteiger charge is -2.06. The fourth-order valence-electron chi connectivity index (χ4n) is 3.61. The topological polar surface area (TPSA) is 83.5 Å². The maximum atomic E-state index is 13.0. The molecular weight excluding hydrogens is 406 g/mol. The molecule has 0 N–H and O–H groups in total. The number of carbonyl (C=O) groups is 1. The summed E-state index contributed by atoms with van der Waals surface area (Å²) in [6.45, 7) is 0. The number of ether oxygens (including phenoxy) is 2. The van der Waals surface area contributed by atoms with E-state index in [9.17, 15) is 4.79 Å². The molecule has 0 unspecified atom stereocenters. The standard InChI is InChI=1S/C24H19N5O3/c1-31-20-11-17-14-28(15-18(17)12-21(20)32-2)23(30)8-7-19-24(16-5-3-9-25-13-16)27-22-6-4-10-26-29(19)22/h3-15H,1-2H3/b8-7+. The van der Waals surface area contributed by atoms with Gasteiger partial charge >= 0.3 is 0 Å². The number of allylic oxidation sites excluding steroid dienone is 1. The molecule has 32 heavy (non-hydrogen) atoms. The molecule has 5 rings (SSSR count). The van der Waals surface area contributed by atoms with Crippen LogP contribution in [0.2, 0.25) is 0 Å². The fraction of sp³-hybridized carbons (Fsp3) is 0.0833. The zero-order valence-corrected chi connectivity index (χ0v) is 17.5. The lowest BCUT2D eigenvalue weighted by Crippen LogP contribution is -2.04. The molecule has 8 heteroatoms. The van der Waals surface area contributed by atoms with Gasteiger partial charge in [0, 0.05) is 53.4 Å². The molecule has 4 heterocycles. The SMILES string of the molecule is COc1cc2cn(C(=O)/C=C/c3c(-c4cccnc4)nc4cccnn34)cc2cc1OC. The molecule has 0 bridgehead atoms. The smallest absolute Gasteiger partial charge is 0.254 e. The van der Waals surface area contributed by atoms with Crippen molar-refractivity contribution in [2.24, 2.45) is 0 Å². The van der Waals surface area contributed by atoms with Gasteiger partial charge in [0.25, 0.3) is 5.91 Å². The Morgan fingerprint density at radius 1 is 1.00 bits per heavy atom. The first-order valence-electron chi connectivity index (χ1n) is 9.88. The van der Waals surface area contributed by atoms with Crippen LogP contribution < -0.4 is 9.47 Å². The van der Waals surface area contributed by atoms with Crippen LogP contribution in [-0.4, -0.2) is 44.3 Å². The Hall–Kier alpha value is -4.46. The molecule has 0 atom stereocenters. The normalized spacial score (nSPS) is 11.4. The quantitative estimate of drug-likeness (QED) is 0.394. The molecule has 0 radical (unpaired) electrons. The predicted octanol–water partition coefficient (Wildman–Crippen LogP) is 4.12. The summed E-state index contributed by atoms with van der Waals surface area (Å²) in [5.41, 5.74) is 2.93. The van der Waals surface area contributed by atoms with Crippen molar-refractivity contribution in [3.05, 3.63) is 79.2 Å². The van der Waals surface area contributed by atoms with E-state index in [0.29, 0.717) is 28.5 Å². The van der Waals surface area contributed by atoms with Gasteiger partial charge in [0.1, 0.15) is 5.69 Å². The molecule has 1 aromatic carbocycles. The fourth-order valence-corrected chi connectivity index (χ4v) is 3.61. The monoisotopic (exact) mass is 425 g/mol. The van der Waals surface area contributed by atoms with Gasteiger partial charge in [0.2, 0.25) is 0 Å². The number of imidazole rings is 1. The van der Waals surface area contributed by atoms with E-state index < -0.39 is 0 Å². The van der Waals surface area contributed by atoms with E-state index in [-0.39, 0.29) is 5.91 Å². The first-order valence-corrected chi connectivity index (χ1v) is 9.88. The highest BCUT2D eigenvalue weighted by Gasteiger charge is 2.14. The summed E-state index contributed by atoms with van der Waals surface area (Å²) >= 11 is 0. The lowest BCUT2D eigenvalue weighted by molar-refractivity contribution is 0.0970. The number of fused-ring (bicyclic) bond motifs is 2. The molecular formula is C24H19N5O3. The number of benzene rings is 1. The Bertz CT molecular complexity index is 1430. The van der Waals surface area contributed by atoms with E-state index in [1.807, 2.05) is 36.4 Å². The summed E-state index contributed by atoms with van der Waals surface area (Å²) in [6.07, 6.45) is 11.9. The van der Waals surface area contributed by atoms with Crippen LogP contribution in [0.1, 0.15) is 10.5 Å². The summed E-state index contributed by atoms with van der Waals surface area (Å²) in [5.74, 6) is 1.01. The Kier molecular flexibility index (Phi) is 4.87. The predicted molar refractivity (Wildman–Crippen MR) is 121 cm³/mol. The van der Waals surface area contributed by atoms with E-state index in [1.54, 1.807) is 55.8 Å². The molecule has 4 aromatic heterocycles. The minimum atomic E-state index is -0.206. The average Bonchev–Trinajstić information content (AvgIpc) is 3.43. The van der Waals surface area contributed by atoms with Crippen molar-refractivity contribution in [3.63, 3.8) is 0 Å². The van der Waals surface area contributed by atoms with Gasteiger partial charge in [-0.15, -0.1) is 0 Å². The summed E-state index contributed by atoms with van der Waals surface area (Å²) in [7, 11) is 3.16. The molecule has 158 valence electrons. The largest absolute Gasteiger partial charge is 0.493 e. The van der Waals surface area contributed by atoms with Crippen molar-refractivity contribution in [2.45, 2.75) is 0 Å². The van der Waals surface area contributed by atoms with Gasteiger partial charge in [-0.05, 0) is 42.5 Å². The van der Waals surface area contributed by atoms with Crippen LogP contribution in [0.25, 0.3) is 33.8 Å². The highest BCUT2D eigenvalue weighted by atomic mass is 16.5. The van der Waals surface area contributed by atoms with Crippen molar-refractivity contribution in [2.75, 3.05) is 14.2 Å². The maximum Gasteiger partial charge on any atom is 0.254 e. The van der Waals surface area contributed by atoms with Gasteiger partial charge in [-0.25, -0.2) is 9.50 Å². The van der Waals surface area contributed by atoms with Crippen LogP contribution in [0.4, 0.5) is 0 Å². The second kappa shape index (κ2) is 7.99. The highest BCUT2D eigenvalue weighted by molar-refractivity contribution is 5.98. The molecule has 0 spiro atoms. The van der Waals surface area contributed by atoms with Crippen molar-refractivity contribution in [1.29, 1.82) is 0 Å². The zero-order chi connectivity index (χ0) is 22.1. The Morgan fingerprint density at radius 3 is 2.38 bits per heavy atom. The molecule has 0 aliphatic heterocycles. The Morgan fingerprint density at radius 2 is 1.72 bits per heavy atom. The van der Waals surface area contributed by atoms with Crippen molar-refractivity contribution in [3.8, 4) is 22.8 Å². The molecule has 0 amide bonds. The highest BCUT2D eigenvalue weighted by Crippen LogP contribution is 2.32. The summed E-state index contributed by atoms with van der Waals surface area (Å²) in [4.78, 5) is 21.8. The third-order valence-electron chi connectivity index (χ3n) is 5.15. The molecule has 0 fully saturated rings. The molecule has 8 nitrogen and oxygen atoms in total. The number of methoxy groups -OCH3 is 2. The second-order valence-electron chi connectivity index (χ2n) is 7.05. The number of aromatic nitrogens is 5. The van der Waals surface area contributed by atoms with Gasteiger partial charge in [-0.3, -0.25) is 14.3 Å². The van der Waals surface area contributed by atoms with Crippen LogP contribution in [0.3, 0.4) is 0 Å². The van der Waals surface area contributed by atoms with Crippen molar-refractivity contribution in [1.82, 2.24) is 24.1 Å². The van der Waals surface area contributed by atoms with Gasteiger partial charge in [-0.1, -0.05) is 0 Å². The van der Waals surface area contributed by atoms with Crippen LogP contribution in [-0.2, 0) is 0 Å². The van der Waals surface area contributed by atoms with Gasteiger partial charge < -0.3 is 9.47 Å². The van der Waals surface area contributed by atoms with Gasteiger partial charge in [0.05, 0.1) is 19.9 Å². The maximum absolute atomic E-state index is 13.0. The van der Waals surface area contributed by atoms with Crippen LogP contribution in [0, 0.1) is 0 Å². The van der Waals surface area contributed by atoms with E-state index in [1.165, 1.54) is 10.6 Å². The average molecular weight is 425 g/mol. The Labute approximate surface area is 183 Å². The third kappa shape index (κ3) is 3.37. The molecule has 0 saturated carbocycles. The second-order valence-corrected chi connectivity index (χ2v) is 7.05. The minimum Gasteiger partial charge on any atom is -0.493 e. The number of nitrogens with zero attached hydrogens (tertiary/aromatic N) is 5. The number of hydrogen-bond acceptors (Lipinski definition) is 6. The first-order chi connectivity index (χ1) is 15.7. The number of rotatable bonds is 5. The number of hydrogen-bond donors (Lipinski definition) is 0. The summed E-state index contributed by atoms with van der Waals surface area (Å²) in [6, 6.07) is 11.1. The summed E-state index contributed by atoms with van der Waals surface area (Å²) in [5, 5.41) is 6.13. The molecule has 0 aliphatic carbocycles. The van der Waals surface area contributed by atoms with E-state index >= 15 is 0 Å². The zero-order valence-electron chi connectivity index (χ0n) is 17.5.